The normalized spacial score (nSPS) is 24.4. The quantitative estimate of drug-likeness (QED) is 0.617. The van der Waals surface area contributed by atoms with Gasteiger partial charge in [-0.15, -0.1) is 0 Å². The van der Waals surface area contributed by atoms with Crippen LogP contribution in [0, 0.1) is 5.92 Å². The van der Waals surface area contributed by atoms with Gasteiger partial charge in [0.15, 0.2) is 5.82 Å². The molecule has 1 heterocycles. The van der Waals surface area contributed by atoms with E-state index < -0.39 is 0 Å². The molecule has 2 unspecified atom stereocenters. The number of nitrogen functional groups attached to an aromatic ring is 1. The van der Waals surface area contributed by atoms with Gasteiger partial charge in [0.2, 0.25) is 0 Å². The van der Waals surface area contributed by atoms with Crippen LogP contribution in [-0.2, 0) is 0 Å². The van der Waals surface area contributed by atoms with Crippen molar-refractivity contribution in [3.8, 4) is 0 Å². The maximum absolute atomic E-state index is 5.35. The highest BCUT2D eigenvalue weighted by Crippen LogP contribution is 2.29. The van der Waals surface area contributed by atoms with Gasteiger partial charge in [-0.3, -0.25) is 4.98 Å². The van der Waals surface area contributed by atoms with Crippen LogP contribution in [0.3, 0.4) is 0 Å². The van der Waals surface area contributed by atoms with Crippen molar-refractivity contribution >= 4 is 11.6 Å². The van der Waals surface area contributed by atoms with Gasteiger partial charge in [-0.05, 0) is 18.8 Å². The van der Waals surface area contributed by atoms with Crippen molar-refractivity contribution in [3.63, 3.8) is 0 Å². The van der Waals surface area contributed by atoms with E-state index in [0.29, 0.717) is 17.8 Å². The fraction of sp³-hybridized carbons (Fsp3) is 0.667. The topological polar surface area (TPSA) is 67.1 Å². The predicted octanol–water partition coefficient (Wildman–Crippen LogP) is 1.78. The third-order valence-electron chi connectivity index (χ3n) is 3.69. The van der Waals surface area contributed by atoms with Crippen LogP contribution < -0.4 is 16.2 Å². The van der Waals surface area contributed by atoms with E-state index >= 15 is 0 Å². The molecule has 0 radical (unpaired) electrons. The van der Waals surface area contributed by atoms with Crippen LogP contribution in [0.5, 0.6) is 0 Å². The summed E-state index contributed by atoms with van der Waals surface area (Å²) in [5, 5.41) is 0. The van der Waals surface area contributed by atoms with Crippen molar-refractivity contribution < 1.29 is 0 Å². The van der Waals surface area contributed by atoms with Gasteiger partial charge in [0.1, 0.15) is 5.82 Å². The lowest BCUT2D eigenvalue weighted by Crippen LogP contribution is -2.39. The summed E-state index contributed by atoms with van der Waals surface area (Å²) in [6.45, 7) is 2.32. The summed E-state index contributed by atoms with van der Waals surface area (Å²) in [7, 11) is 2.09. The van der Waals surface area contributed by atoms with E-state index in [2.05, 4.69) is 34.3 Å². The number of rotatable bonds is 3. The third kappa shape index (κ3) is 2.66. The molecule has 1 saturated carbocycles. The van der Waals surface area contributed by atoms with Gasteiger partial charge in [-0.2, -0.15) is 0 Å². The average Bonchev–Trinajstić information content (AvgIpc) is 2.38. The highest BCUT2D eigenvalue weighted by Gasteiger charge is 2.25. The van der Waals surface area contributed by atoms with E-state index in [-0.39, 0.29) is 0 Å². The molecule has 17 heavy (non-hydrogen) atoms. The molecule has 1 aliphatic rings. The van der Waals surface area contributed by atoms with Crippen LogP contribution >= 0.6 is 0 Å². The van der Waals surface area contributed by atoms with Crippen LogP contribution in [0.1, 0.15) is 32.6 Å². The molecule has 1 fully saturated rings. The lowest BCUT2D eigenvalue weighted by molar-refractivity contribution is 0.320. The molecular weight excluding hydrogens is 214 g/mol. The summed E-state index contributed by atoms with van der Waals surface area (Å²) < 4.78 is 0. The standard InChI is InChI=1S/C12H21N5/c1-9-5-3-4-6-10(9)17(2)12-8-14-7-11(15-12)16-13/h7-10H,3-6,13H2,1-2H3,(H,15,16). The van der Waals surface area contributed by atoms with Gasteiger partial charge in [0, 0.05) is 13.1 Å². The Labute approximate surface area is 102 Å². The van der Waals surface area contributed by atoms with Crippen molar-refractivity contribution in [2.24, 2.45) is 11.8 Å². The number of anilines is 2. The second kappa shape index (κ2) is 5.31. The first-order chi connectivity index (χ1) is 8.22. The number of hydrogen-bond acceptors (Lipinski definition) is 5. The summed E-state index contributed by atoms with van der Waals surface area (Å²) in [6.07, 6.45) is 8.61. The van der Waals surface area contributed by atoms with Gasteiger partial charge in [0.25, 0.3) is 0 Å². The molecule has 94 valence electrons. The molecule has 0 bridgehead atoms. The van der Waals surface area contributed by atoms with Gasteiger partial charge >= 0.3 is 0 Å². The Morgan fingerprint density at radius 1 is 1.35 bits per heavy atom. The second-order valence-corrected chi connectivity index (χ2v) is 4.85. The zero-order chi connectivity index (χ0) is 12.3. The monoisotopic (exact) mass is 235 g/mol. The van der Waals surface area contributed by atoms with Crippen molar-refractivity contribution in [1.82, 2.24) is 9.97 Å². The summed E-state index contributed by atoms with van der Waals surface area (Å²) in [6, 6.07) is 0.561. The van der Waals surface area contributed by atoms with Crippen molar-refractivity contribution in [2.45, 2.75) is 38.6 Å². The van der Waals surface area contributed by atoms with E-state index in [0.717, 1.165) is 5.82 Å². The van der Waals surface area contributed by atoms with E-state index in [1.54, 1.807) is 12.4 Å². The molecule has 2 atom stereocenters. The molecule has 0 amide bonds. The van der Waals surface area contributed by atoms with Crippen molar-refractivity contribution in [3.05, 3.63) is 12.4 Å². The van der Waals surface area contributed by atoms with Crippen molar-refractivity contribution in [1.29, 1.82) is 0 Å². The van der Waals surface area contributed by atoms with Crippen LogP contribution in [0.4, 0.5) is 11.6 Å². The Morgan fingerprint density at radius 3 is 2.82 bits per heavy atom. The highest BCUT2D eigenvalue weighted by atomic mass is 15.3. The van der Waals surface area contributed by atoms with Gasteiger partial charge in [-0.1, -0.05) is 19.8 Å². The minimum Gasteiger partial charge on any atom is -0.355 e. The first-order valence-electron chi connectivity index (χ1n) is 6.24. The highest BCUT2D eigenvalue weighted by molar-refractivity contribution is 5.43. The maximum Gasteiger partial charge on any atom is 0.160 e. The fourth-order valence-electron chi connectivity index (χ4n) is 2.64. The second-order valence-electron chi connectivity index (χ2n) is 4.85. The summed E-state index contributed by atoms with van der Waals surface area (Å²) >= 11 is 0. The smallest absolute Gasteiger partial charge is 0.160 e. The predicted molar refractivity (Wildman–Crippen MR) is 69.7 cm³/mol. The molecular formula is C12H21N5. The molecule has 0 aliphatic heterocycles. The Morgan fingerprint density at radius 2 is 2.12 bits per heavy atom. The number of hydrogen-bond donors (Lipinski definition) is 2. The molecule has 1 aromatic rings. The van der Waals surface area contributed by atoms with E-state index in [1.165, 1.54) is 25.7 Å². The molecule has 1 aromatic heterocycles. The first kappa shape index (κ1) is 12.1. The molecule has 1 aliphatic carbocycles. The minimum atomic E-state index is 0.561. The molecule has 2 rings (SSSR count). The van der Waals surface area contributed by atoms with Crippen LogP contribution in [0.25, 0.3) is 0 Å². The Hall–Kier alpha value is -1.36. The molecule has 3 N–H and O–H groups in total. The summed E-state index contributed by atoms with van der Waals surface area (Å²) in [4.78, 5) is 10.8. The zero-order valence-electron chi connectivity index (χ0n) is 10.6. The van der Waals surface area contributed by atoms with E-state index in [9.17, 15) is 0 Å². The zero-order valence-corrected chi connectivity index (χ0v) is 10.6. The number of nitrogens with zero attached hydrogens (tertiary/aromatic N) is 3. The largest absolute Gasteiger partial charge is 0.355 e. The SMILES string of the molecule is CC1CCCCC1N(C)c1cncc(NN)n1. The Balaban J connectivity index is 2.14. The molecule has 5 heteroatoms. The van der Waals surface area contributed by atoms with E-state index in [4.69, 9.17) is 5.84 Å². The van der Waals surface area contributed by atoms with Crippen molar-refractivity contribution in [2.75, 3.05) is 17.4 Å². The Bertz CT molecular complexity index is 368. The van der Waals surface area contributed by atoms with Gasteiger partial charge < -0.3 is 10.3 Å². The maximum atomic E-state index is 5.35. The lowest BCUT2D eigenvalue weighted by atomic mass is 9.85. The first-order valence-corrected chi connectivity index (χ1v) is 6.24. The number of nitrogens with two attached hydrogens (primary N) is 1. The number of aromatic nitrogens is 2. The fourth-order valence-corrected chi connectivity index (χ4v) is 2.64. The summed E-state index contributed by atoms with van der Waals surface area (Å²) in [5.41, 5.74) is 2.54. The lowest BCUT2D eigenvalue weighted by Gasteiger charge is -2.36. The Kier molecular flexibility index (Phi) is 3.78. The van der Waals surface area contributed by atoms with Crippen LogP contribution in [-0.4, -0.2) is 23.1 Å². The minimum absolute atomic E-state index is 0.561. The molecule has 0 aromatic carbocycles. The third-order valence-corrected chi connectivity index (χ3v) is 3.69. The molecule has 0 spiro atoms. The number of nitrogens with one attached hydrogen (secondary N) is 1. The van der Waals surface area contributed by atoms with Crippen LogP contribution in [0.2, 0.25) is 0 Å². The molecule has 0 saturated heterocycles. The van der Waals surface area contributed by atoms with Gasteiger partial charge in [-0.25, -0.2) is 10.8 Å². The van der Waals surface area contributed by atoms with Crippen LogP contribution in [0.15, 0.2) is 12.4 Å². The van der Waals surface area contributed by atoms with Gasteiger partial charge in [0.05, 0.1) is 12.4 Å². The summed E-state index contributed by atoms with van der Waals surface area (Å²) in [5.74, 6) is 7.56. The number of hydrazine groups is 1. The van der Waals surface area contributed by atoms with E-state index in [1.807, 2.05) is 0 Å². The molecule has 5 nitrogen and oxygen atoms in total. The average molecular weight is 235 g/mol.